The molecule has 3 aromatic rings. The van der Waals surface area contributed by atoms with Crippen LogP contribution in [0.5, 0.6) is 5.88 Å². The zero-order valence-corrected chi connectivity index (χ0v) is 18.2. The summed E-state index contributed by atoms with van der Waals surface area (Å²) in [5.74, 6) is 2.04. The Morgan fingerprint density at radius 2 is 1.96 bits per heavy atom. The first kappa shape index (κ1) is 21.8. The number of guanidine groups is 1. The summed E-state index contributed by atoms with van der Waals surface area (Å²) in [4.78, 5) is 8.52. The van der Waals surface area contributed by atoms with E-state index < -0.39 is 0 Å². The van der Waals surface area contributed by atoms with E-state index in [0.717, 1.165) is 17.0 Å². The Morgan fingerprint density at radius 3 is 2.79 bits per heavy atom. The molecular formula is C18H24IN7O2. The predicted octanol–water partition coefficient (Wildman–Crippen LogP) is 1.63. The van der Waals surface area contributed by atoms with Crippen molar-refractivity contribution >= 4 is 35.6 Å². The highest BCUT2D eigenvalue weighted by atomic mass is 127. The van der Waals surface area contributed by atoms with E-state index in [1.54, 1.807) is 20.4 Å². The molecule has 0 bridgehead atoms. The molecule has 0 fully saturated rings. The van der Waals surface area contributed by atoms with Gasteiger partial charge in [-0.3, -0.25) is 9.39 Å². The Kier molecular flexibility index (Phi) is 8.88. The van der Waals surface area contributed by atoms with E-state index in [1.807, 2.05) is 40.9 Å². The molecule has 0 unspecified atom stereocenters. The average Bonchev–Trinajstić information content (AvgIpc) is 3.12. The molecule has 10 heteroatoms. The number of fused-ring (bicyclic) bond motifs is 1. The van der Waals surface area contributed by atoms with Crippen molar-refractivity contribution in [1.29, 1.82) is 0 Å². The minimum atomic E-state index is 0. The number of ether oxygens (including phenoxy) is 2. The maximum absolute atomic E-state index is 5.65. The summed E-state index contributed by atoms with van der Waals surface area (Å²) in [6.45, 7) is 1.98. The van der Waals surface area contributed by atoms with Gasteiger partial charge in [-0.2, -0.15) is 0 Å². The topological polar surface area (TPSA) is 98.0 Å². The van der Waals surface area contributed by atoms with Crippen LogP contribution in [0.25, 0.3) is 5.65 Å². The zero-order valence-electron chi connectivity index (χ0n) is 15.8. The maximum atomic E-state index is 5.65. The highest BCUT2D eigenvalue weighted by Crippen LogP contribution is 2.13. The van der Waals surface area contributed by atoms with Crippen LogP contribution in [0.3, 0.4) is 0 Å². The summed E-state index contributed by atoms with van der Waals surface area (Å²) in [7, 11) is 3.36. The number of rotatable bonds is 8. The largest absolute Gasteiger partial charge is 0.475 e. The average molecular weight is 497 g/mol. The molecule has 2 N–H and O–H groups in total. The second kappa shape index (κ2) is 11.4. The summed E-state index contributed by atoms with van der Waals surface area (Å²) in [6, 6.07) is 9.62. The number of methoxy groups -OCH3 is 1. The van der Waals surface area contributed by atoms with Gasteiger partial charge in [-0.05, 0) is 18.2 Å². The van der Waals surface area contributed by atoms with Gasteiger partial charge >= 0.3 is 0 Å². The van der Waals surface area contributed by atoms with Gasteiger partial charge in [0.2, 0.25) is 5.88 Å². The van der Waals surface area contributed by atoms with Crippen molar-refractivity contribution in [3.05, 3.63) is 54.1 Å². The second-order valence-electron chi connectivity index (χ2n) is 5.63. The summed E-state index contributed by atoms with van der Waals surface area (Å²) in [5, 5.41) is 14.8. The van der Waals surface area contributed by atoms with Crippen molar-refractivity contribution in [1.82, 2.24) is 30.2 Å². The molecule has 3 heterocycles. The van der Waals surface area contributed by atoms with Crippen molar-refractivity contribution in [3.63, 3.8) is 0 Å². The molecule has 0 saturated carbocycles. The van der Waals surface area contributed by atoms with E-state index in [2.05, 4.69) is 30.8 Å². The SMILES string of the molecule is CN=C(NCc1cccnc1OCCOC)NCc1nnc2ccccn12.I. The molecule has 0 aromatic carbocycles. The molecule has 0 aliphatic heterocycles. The number of aromatic nitrogens is 4. The van der Waals surface area contributed by atoms with Gasteiger partial charge in [-0.1, -0.05) is 12.1 Å². The van der Waals surface area contributed by atoms with Crippen LogP contribution in [-0.4, -0.2) is 52.9 Å². The number of aliphatic imine (C=N–C) groups is 1. The molecule has 0 aliphatic rings. The van der Waals surface area contributed by atoms with Crippen molar-refractivity contribution in [2.45, 2.75) is 13.1 Å². The molecule has 0 radical (unpaired) electrons. The summed E-state index contributed by atoms with van der Waals surface area (Å²) < 4.78 is 12.6. The molecule has 0 amide bonds. The van der Waals surface area contributed by atoms with Crippen molar-refractivity contribution in [3.8, 4) is 5.88 Å². The Hall–Kier alpha value is -2.47. The first-order valence-electron chi connectivity index (χ1n) is 8.60. The van der Waals surface area contributed by atoms with Gasteiger partial charge in [0.25, 0.3) is 0 Å². The molecular weight excluding hydrogens is 473 g/mol. The van der Waals surface area contributed by atoms with Crippen LogP contribution in [0.1, 0.15) is 11.4 Å². The Balaban J connectivity index is 0.00000280. The minimum Gasteiger partial charge on any atom is -0.475 e. The van der Waals surface area contributed by atoms with Gasteiger partial charge < -0.3 is 20.1 Å². The van der Waals surface area contributed by atoms with Crippen LogP contribution in [0.4, 0.5) is 0 Å². The lowest BCUT2D eigenvalue weighted by Gasteiger charge is -2.13. The van der Waals surface area contributed by atoms with Crippen molar-refractivity contribution < 1.29 is 9.47 Å². The quantitative estimate of drug-likeness (QED) is 0.211. The molecule has 0 spiro atoms. The third-order valence-corrected chi connectivity index (χ3v) is 3.84. The number of nitrogens with zero attached hydrogens (tertiary/aromatic N) is 5. The fraction of sp³-hybridized carbons (Fsp3) is 0.333. The molecule has 28 heavy (non-hydrogen) atoms. The molecule has 0 aliphatic carbocycles. The van der Waals surface area contributed by atoms with Gasteiger partial charge in [0.15, 0.2) is 17.4 Å². The minimum absolute atomic E-state index is 0. The fourth-order valence-electron chi connectivity index (χ4n) is 2.48. The van der Waals surface area contributed by atoms with Crippen LogP contribution < -0.4 is 15.4 Å². The molecule has 0 saturated heterocycles. The summed E-state index contributed by atoms with van der Waals surface area (Å²) in [6.07, 6.45) is 3.64. The predicted molar refractivity (Wildman–Crippen MR) is 117 cm³/mol. The van der Waals surface area contributed by atoms with E-state index in [1.165, 1.54) is 0 Å². The molecule has 3 aromatic heterocycles. The van der Waals surface area contributed by atoms with Crippen molar-refractivity contribution in [2.75, 3.05) is 27.4 Å². The Bertz CT molecular complexity index is 900. The van der Waals surface area contributed by atoms with Crippen LogP contribution >= 0.6 is 24.0 Å². The normalized spacial score (nSPS) is 11.1. The standard InChI is InChI=1S/C18H23N7O2.HI/c1-19-18(22-13-16-24-23-15-7-3-4-9-25(15)16)21-12-14-6-5-8-20-17(14)27-11-10-26-2;/h3-9H,10-13H2,1-2H3,(H2,19,21,22);1H. The number of hydrogen-bond acceptors (Lipinski definition) is 6. The van der Waals surface area contributed by atoms with Crippen LogP contribution in [0.15, 0.2) is 47.7 Å². The second-order valence-corrected chi connectivity index (χ2v) is 5.63. The lowest BCUT2D eigenvalue weighted by molar-refractivity contribution is 0.143. The first-order valence-corrected chi connectivity index (χ1v) is 8.60. The first-order chi connectivity index (χ1) is 13.3. The lowest BCUT2D eigenvalue weighted by Crippen LogP contribution is -2.36. The van der Waals surface area contributed by atoms with Gasteiger partial charge in [0.05, 0.1) is 13.2 Å². The maximum Gasteiger partial charge on any atom is 0.218 e. The van der Waals surface area contributed by atoms with Crippen LogP contribution in [0.2, 0.25) is 0 Å². The van der Waals surface area contributed by atoms with Gasteiger partial charge in [-0.15, -0.1) is 34.2 Å². The van der Waals surface area contributed by atoms with Gasteiger partial charge in [-0.25, -0.2) is 4.98 Å². The van der Waals surface area contributed by atoms with Gasteiger partial charge in [0.1, 0.15) is 6.61 Å². The monoisotopic (exact) mass is 497 g/mol. The number of hydrogen-bond donors (Lipinski definition) is 2. The smallest absolute Gasteiger partial charge is 0.218 e. The van der Waals surface area contributed by atoms with E-state index in [4.69, 9.17) is 9.47 Å². The van der Waals surface area contributed by atoms with E-state index >= 15 is 0 Å². The third kappa shape index (κ3) is 5.76. The molecule has 150 valence electrons. The zero-order chi connectivity index (χ0) is 18.9. The van der Waals surface area contributed by atoms with Crippen LogP contribution in [0, 0.1) is 0 Å². The number of pyridine rings is 2. The number of halogens is 1. The fourth-order valence-corrected chi connectivity index (χ4v) is 2.48. The van der Waals surface area contributed by atoms with E-state index in [0.29, 0.717) is 38.1 Å². The third-order valence-electron chi connectivity index (χ3n) is 3.84. The molecule has 0 atom stereocenters. The van der Waals surface area contributed by atoms with E-state index in [9.17, 15) is 0 Å². The number of nitrogens with one attached hydrogen (secondary N) is 2. The molecule has 9 nitrogen and oxygen atoms in total. The Labute approximate surface area is 180 Å². The van der Waals surface area contributed by atoms with E-state index in [-0.39, 0.29) is 24.0 Å². The summed E-state index contributed by atoms with van der Waals surface area (Å²) in [5.41, 5.74) is 1.75. The van der Waals surface area contributed by atoms with Crippen molar-refractivity contribution in [2.24, 2.45) is 4.99 Å². The van der Waals surface area contributed by atoms with Crippen LogP contribution in [-0.2, 0) is 17.8 Å². The highest BCUT2D eigenvalue weighted by Gasteiger charge is 2.08. The Morgan fingerprint density at radius 1 is 1.11 bits per heavy atom. The summed E-state index contributed by atoms with van der Waals surface area (Å²) >= 11 is 0. The molecule has 3 rings (SSSR count). The highest BCUT2D eigenvalue weighted by molar-refractivity contribution is 14.0. The van der Waals surface area contributed by atoms with Gasteiger partial charge in [0, 0.05) is 38.7 Å². The lowest BCUT2D eigenvalue weighted by atomic mass is 10.2.